The van der Waals surface area contributed by atoms with E-state index in [0.29, 0.717) is 36.4 Å². The van der Waals surface area contributed by atoms with Gasteiger partial charge in [-0.1, -0.05) is 54.6 Å². The van der Waals surface area contributed by atoms with Crippen LogP contribution in [-0.2, 0) is 22.4 Å². The standard InChI is InChI=1S/C29H28N2O5/c1-34-17-16-31-28(32)24(20-30)18-22-13-15-26(27(19-22)35-2)36-29(33)25-11-7-6-10-23(25)14-12-21-8-4-3-5-9-21/h3-11,13,15,18-19H,12,14,16-17H2,1-2H3,(H,31,32)/b24-18+. The Morgan fingerprint density at radius 1 is 0.944 bits per heavy atom. The Bertz CT molecular complexity index is 1260. The average Bonchev–Trinajstić information content (AvgIpc) is 2.92. The highest BCUT2D eigenvalue weighted by Gasteiger charge is 2.17. The fraction of sp³-hybridized carbons (Fsp3) is 0.207. The van der Waals surface area contributed by atoms with Gasteiger partial charge in [0.25, 0.3) is 5.91 Å². The maximum atomic E-state index is 13.0. The van der Waals surface area contributed by atoms with Crippen LogP contribution in [0.4, 0.5) is 0 Å². The number of hydrogen-bond acceptors (Lipinski definition) is 6. The third-order valence-corrected chi connectivity index (χ3v) is 5.42. The molecular formula is C29H28N2O5. The van der Waals surface area contributed by atoms with Gasteiger partial charge < -0.3 is 19.5 Å². The third kappa shape index (κ3) is 7.29. The summed E-state index contributed by atoms with van der Waals surface area (Å²) in [6.45, 7) is 0.632. The second-order valence-electron chi connectivity index (χ2n) is 7.86. The SMILES string of the molecule is COCCNC(=O)/C(C#N)=C/c1ccc(OC(=O)c2ccccc2CCc2ccccc2)c(OC)c1. The van der Waals surface area contributed by atoms with Crippen molar-refractivity contribution in [1.29, 1.82) is 5.26 Å². The van der Waals surface area contributed by atoms with Gasteiger partial charge in [-0.3, -0.25) is 4.79 Å². The largest absolute Gasteiger partial charge is 0.493 e. The molecule has 7 heteroatoms. The minimum atomic E-state index is -0.504. The van der Waals surface area contributed by atoms with Crippen molar-refractivity contribution in [1.82, 2.24) is 5.32 Å². The number of ether oxygens (including phenoxy) is 3. The molecule has 1 N–H and O–H groups in total. The maximum absolute atomic E-state index is 13.0. The summed E-state index contributed by atoms with van der Waals surface area (Å²) in [5.41, 5.74) is 3.05. The fourth-order valence-corrected chi connectivity index (χ4v) is 3.55. The van der Waals surface area contributed by atoms with E-state index in [4.69, 9.17) is 14.2 Å². The number of methoxy groups -OCH3 is 2. The van der Waals surface area contributed by atoms with Crippen molar-refractivity contribution in [3.8, 4) is 17.6 Å². The molecule has 184 valence electrons. The van der Waals surface area contributed by atoms with Crippen molar-refractivity contribution in [2.24, 2.45) is 0 Å². The number of carbonyl (C=O) groups is 2. The summed E-state index contributed by atoms with van der Waals surface area (Å²) in [5.74, 6) is -0.455. The van der Waals surface area contributed by atoms with Gasteiger partial charge in [-0.25, -0.2) is 4.79 Å². The lowest BCUT2D eigenvalue weighted by Crippen LogP contribution is -2.27. The molecule has 0 aliphatic rings. The van der Waals surface area contributed by atoms with Gasteiger partial charge >= 0.3 is 5.97 Å². The predicted octanol–water partition coefficient (Wildman–Crippen LogP) is 4.37. The Morgan fingerprint density at radius 2 is 1.69 bits per heavy atom. The molecule has 0 aromatic heterocycles. The molecule has 0 saturated heterocycles. The smallest absolute Gasteiger partial charge is 0.343 e. The Hall–Kier alpha value is -4.41. The number of nitrogens with zero attached hydrogens (tertiary/aromatic N) is 1. The van der Waals surface area contributed by atoms with Crippen molar-refractivity contribution in [3.63, 3.8) is 0 Å². The van der Waals surface area contributed by atoms with Crippen molar-refractivity contribution >= 4 is 18.0 Å². The number of nitrogens with one attached hydrogen (secondary N) is 1. The Balaban J connectivity index is 1.75. The first-order chi connectivity index (χ1) is 17.5. The summed E-state index contributed by atoms with van der Waals surface area (Å²) in [6, 6.07) is 24.2. The first-order valence-corrected chi connectivity index (χ1v) is 11.5. The van der Waals surface area contributed by atoms with Gasteiger partial charge in [0.2, 0.25) is 0 Å². The zero-order valence-corrected chi connectivity index (χ0v) is 20.3. The molecular weight excluding hydrogens is 456 g/mol. The van der Waals surface area contributed by atoms with Crippen LogP contribution < -0.4 is 14.8 Å². The molecule has 3 rings (SSSR count). The number of nitriles is 1. The van der Waals surface area contributed by atoms with E-state index >= 15 is 0 Å². The molecule has 0 atom stereocenters. The molecule has 0 heterocycles. The Labute approximate surface area is 210 Å². The summed E-state index contributed by atoms with van der Waals surface area (Å²) in [7, 11) is 2.98. The number of amides is 1. The lowest BCUT2D eigenvalue weighted by molar-refractivity contribution is -0.117. The van der Waals surface area contributed by atoms with E-state index in [1.54, 1.807) is 30.3 Å². The van der Waals surface area contributed by atoms with Crippen molar-refractivity contribution < 1.29 is 23.8 Å². The van der Waals surface area contributed by atoms with E-state index in [0.717, 1.165) is 12.0 Å². The molecule has 0 fully saturated rings. The molecule has 0 spiro atoms. The summed E-state index contributed by atoms with van der Waals surface area (Å²) in [5, 5.41) is 12.0. The highest BCUT2D eigenvalue weighted by atomic mass is 16.6. The summed E-state index contributed by atoms with van der Waals surface area (Å²) >= 11 is 0. The molecule has 36 heavy (non-hydrogen) atoms. The molecule has 0 radical (unpaired) electrons. The van der Waals surface area contributed by atoms with E-state index in [9.17, 15) is 14.9 Å². The molecule has 0 saturated carbocycles. The summed E-state index contributed by atoms with van der Waals surface area (Å²) in [6.07, 6.45) is 2.93. The van der Waals surface area contributed by atoms with Crippen LogP contribution in [-0.4, -0.2) is 39.2 Å². The molecule has 3 aromatic carbocycles. The van der Waals surface area contributed by atoms with Crippen LogP contribution in [0, 0.1) is 11.3 Å². The lowest BCUT2D eigenvalue weighted by Gasteiger charge is -2.12. The van der Waals surface area contributed by atoms with Crippen molar-refractivity contribution in [2.75, 3.05) is 27.4 Å². The quantitative estimate of drug-likeness (QED) is 0.143. The Kier molecular flexibility index (Phi) is 9.80. The highest BCUT2D eigenvalue weighted by molar-refractivity contribution is 6.01. The van der Waals surface area contributed by atoms with Crippen LogP contribution in [0.1, 0.15) is 27.0 Å². The first kappa shape index (κ1) is 26.2. The van der Waals surface area contributed by atoms with Crippen LogP contribution in [0.2, 0.25) is 0 Å². The van der Waals surface area contributed by atoms with Crippen LogP contribution in [0.3, 0.4) is 0 Å². The fourth-order valence-electron chi connectivity index (χ4n) is 3.55. The van der Waals surface area contributed by atoms with Gasteiger partial charge in [-0.2, -0.15) is 5.26 Å². The van der Waals surface area contributed by atoms with E-state index in [1.807, 2.05) is 36.4 Å². The second-order valence-corrected chi connectivity index (χ2v) is 7.86. The van der Waals surface area contributed by atoms with Crippen LogP contribution >= 0.6 is 0 Å². The topological polar surface area (TPSA) is 97.6 Å². The second kappa shape index (κ2) is 13.5. The van der Waals surface area contributed by atoms with Gasteiger partial charge in [0, 0.05) is 13.7 Å². The number of aryl methyl sites for hydroxylation is 2. The Morgan fingerprint density at radius 3 is 2.42 bits per heavy atom. The minimum Gasteiger partial charge on any atom is -0.493 e. The van der Waals surface area contributed by atoms with Crippen LogP contribution in [0.5, 0.6) is 11.5 Å². The van der Waals surface area contributed by atoms with E-state index < -0.39 is 11.9 Å². The van der Waals surface area contributed by atoms with Crippen molar-refractivity contribution in [2.45, 2.75) is 12.8 Å². The number of hydrogen-bond donors (Lipinski definition) is 1. The van der Waals surface area contributed by atoms with E-state index in [2.05, 4.69) is 17.4 Å². The van der Waals surface area contributed by atoms with Gasteiger partial charge in [0.15, 0.2) is 11.5 Å². The zero-order chi connectivity index (χ0) is 25.8. The lowest BCUT2D eigenvalue weighted by atomic mass is 10.00. The monoisotopic (exact) mass is 484 g/mol. The molecule has 3 aromatic rings. The molecule has 0 aliphatic carbocycles. The number of benzene rings is 3. The van der Waals surface area contributed by atoms with Gasteiger partial charge in [-0.15, -0.1) is 0 Å². The van der Waals surface area contributed by atoms with Gasteiger partial charge in [-0.05, 0) is 53.8 Å². The van der Waals surface area contributed by atoms with Crippen molar-refractivity contribution in [3.05, 3.63) is 101 Å². The average molecular weight is 485 g/mol. The highest BCUT2D eigenvalue weighted by Crippen LogP contribution is 2.30. The summed E-state index contributed by atoms with van der Waals surface area (Å²) in [4.78, 5) is 25.2. The van der Waals surface area contributed by atoms with Crippen LogP contribution in [0.15, 0.2) is 78.4 Å². The normalized spacial score (nSPS) is 10.9. The van der Waals surface area contributed by atoms with Gasteiger partial charge in [0.1, 0.15) is 11.6 Å². The molecule has 0 bridgehead atoms. The zero-order valence-electron chi connectivity index (χ0n) is 20.3. The summed E-state index contributed by atoms with van der Waals surface area (Å²) < 4.78 is 16.0. The number of esters is 1. The first-order valence-electron chi connectivity index (χ1n) is 11.5. The predicted molar refractivity (Wildman–Crippen MR) is 137 cm³/mol. The molecule has 1 amide bonds. The molecule has 0 unspecified atom stereocenters. The number of carbonyl (C=O) groups excluding carboxylic acids is 2. The number of rotatable bonds is 11. The maximum Gasteiger partial charge on any atom is 0.343 e. The minimum absolute atomic E-state index is 0.0646. The molecule has 0 aliphatic heterocycles. The molecule has 7 nitrogen and oxygen atoms in total. The third-order valence-electron chi connectivity index (χ3n) is 5.42. The van der Waals surface area contributed by atoms with Crippen LogP contribution in [0.25, 0.3) is 6.08 Å². The van der Waals surface area contributed by atoms with Gasteiger partial charge in [0.05, 0.1) is 19.3 Å². The van der Waals surface area contributed by atoms with E-state index in [1.165, 1.54) is 25.9 Å². The van der Waals surface area contributed by atoms with E-state index in [-0.39, 0.29) is 11.3 Å².